The average molecular weight is 144 g/mol. The van der Waals surface area contributed by atoms with Crippen LogP contribution in [0.1, 0.15) is 23.0 Å². The topological polar surface area (TPSA) is 55.1 Å². The van der Waals surface area contributed by atoms with Crippen LogP contribution in [0, 0.1) is 5.41 Å². The van der Waals surface area contributed by atoms with Crippen LogP contribution < -0.4 is 11.1 Å². The van der Waals surface area contributed by atoms with Crippen molar-refractivity contribution < 1.29 is 7.54 Å². The Labute approximate surface area is 63.8 Å². The lowest BCUT2D eigenvalue weighted by Gasteiger charge is -2.22. The molecule has 0 radical (unpaired) electrons. The Hall–Kier alpha value is -0.570. The van der Waals surface area contributed by atoms with Gasteiger partial charge in [-0.15, -0.1) is 0 Å². The Morgan fingerprint density at radius 3 is 3.00 bits per heavy atom. The summed E-state index contributed by atoms with van der Waals surface area (Å²) in [6, 6.07) is -0.479. The number of rotatable bonds is 1. The molecule has 3 N–H and O–H groups in total. The van der Waals surface area contributed by atoms with Gasteiger partial charge in [-0.2, -0.15) is 0 Å². The molecule has 0 aromatic carbocycles. The highest BCUT2D eigenvalue weighted by molar-refractivity contribution is 5.81. The maximum Gasteiger partial charge on any atom is 0.235 e. The quantitative estimate of drug-likeness (QED) is 0.538. The van der Waals surface area contributed by atoms with Gasteiger partial charge in [-0.05, 0) is 18.4 Å². The Kier molecular flexibility index (Phi) is 1.15. The van der Waals surface area contributed by atoms with E-state index in [1.165, 1.54) is 0 Å². The summed E-state index contributed by atoms with van der Waals surface area (Å²) in [5.41, 5.74) is 4.62. The molecule has 1 saturated heterocycles. The van der Waals surface area contributed by atoms with E-state index in [0.29, 0.717) is 13.0 Å². The van der Waals surface area contributed by atoms with E-state index >= 15 is 0 Å². The molecule has 1 heterocycles. The smallest absolute Gasteiger partial charge is 0.235 e. The van der Waals surface area contributed by atoms with Crippen LogP contribution >= 0.6 is 0 Å². The minimum Gasteiger partial charge on any atom is -0.368 e. The Morgan fingerprint density at radius 2 is 2.60 bits per heavy atom. The van der Waals surface area contributed by atoms with Crippen molar-refractivity contribution in [3.63, 3.8) is 0 Å². The molecule has 1 aliphatic heterocycles. The van der Waals surface area contributed by atoms with Crippen LogP contribution in [0.3, 0.4) is 0 Å². The highest BCUT2D eigenvalue weighted by Crippen LogP contribution is 2.29. The van der Waals surface area contributed by atoms with E-state index in [4.69, 9.17) is 8.48 Å². The van der Waals surface area contributed by atoms with Gasteiger partial charge in [0.15, 0.2) is 0 Å². The minimum atomic E-state index is -0.536. The lowest BCUT2D eigenvalue weighted by Crippen LogP contribution is -2.44. The van der Waals surface area contributed by atoms with Crippen molar-refractivity contribution in [2.24, 2.45) is 11.1 Å². The first kappa shape index (κ1) is 5.13. The summed E-state index contributed by atoms with van der Waals surface area (Å²) in [6.45, 7) is 0.875. The average Bonchev–Trinajstić information content (AvgIpc) is 2.48. The monoisotopic (exact) mass is 144 g/mol. The van der Waals surface area contributed by atoms with E-state index in [-0.39, 0.29) is 13.8 Å². The van der Waals surface area contributed by atoms with Gasteiger partial charge >= 0.3 is 0 Å². The second-order valence-corrected chi connectivity index (χ2v) is 2.90. The molecule has 1 rings (SSSR count). The zero-order chi connectivity index (χ0) is 9.19. The summed E-state index contributed by atoms with van der Waals surface area (Å²) in [6.07, 6.45) is 0.702. The third-order valence-corrected chi connectivity index (χ3v) is 1.87. The van der Waals surface area contributed by atoms with E-state index in [0.717, 1.165) is 0 Å². The molecule has 0 aliphatic carbocycles. The zero-order valence-electron chi connectivity index (χ0n) is 7.89. The van der Waals surface area contributed by atoms with Crippen molar-refractivity contribution in [1.29, 1.82) is 0 Å². The Morgan fingerprint density at radius 1 is 1.90 bits per heavy atom. The van der Waals surface area contributed by atoms with E-state index < -0.39 is 17.4 Å². The van der Waals surface area contributed by atoms with Gasteiger partial charge < -0.3 is 11.1 Å². The molecule has 0 aromatic heterocycles. The molecule has 0 aromatic rings. The second-order valence-electron chi connectivity index (χ2n) is 2.90. The Bertz CT molecular complexity index is 182. The number of nitrogens with two attached hydrogens (primary N) is 1. The van der Waals surface area contributed by atoms with Crippen LogP contribution in [0.4, 0.5) is 0 Å². The number of hydrogen-bond acceptors (Lipinski definition) is 2. The fourth-order valence-electron chi connectivity index (χ4n) is 1.23. The first-order chi connectivity index (χ1) is 5.66. The fraction of sp³-hybridized carbons (Fsp3) is 0.857. The van der Waals surface area contributed by atoms with E-state index in [9.17, 15) is 4.79 Å². The predicted molar refractivity (Wildman–Crippen MR) is 39.4 cm³/mol. The summed E-state index contributed by atoms with van der Waals surface area (Å²) in [5, 5.41) is 2.93. The molecule has 3 heteroatoms. The normalized spacial score (nSPS) is 33.0. The summed E-state index contributed by atoms with van der Waals surface area (Å²) in [7, 11) is 0. The highest BCUT2D eigenvalue weighted by Gasteiger charge is 2.37. The highest BCUT2D eigenvalue weighted by atomic mass is 16.1. The largest absolute Gasteiger partial charge is 0.368 e. The Balaban J connectivity index is 2.78. The molecule has 1 atom stereocenters. The maximum atomic E-state index is 10.9. The number of hydrogen-bond donors (Lipinski definition) is 2. The van der Waals surface area contributed by atoms with Crippen LogP contribution in [0.25, 0.3) is 0 Å². The SMILES string of the molecule is [2H]CC1(C[2H])CCN[C@@H]1C(N)=O. The van der Waals surface area contributed by atoms with Gasteiger partial charge in [-0.25, -0.2) is 0 Å². The van der Waals surface area contributed by atoms with Crippen LogP contribution in [0.5, 0.6) is 0 Å². The lowest BCUT2D eigenvalue weighted by molar-refractivity contribution is -0.121. The zero-order valence-corrected chi connectivity index (χ0v) is 5.89. The predicted octanol–water partition coefficient (Wildman–Crippen LogP) is -0.140. The van der Waals surface area contributed by atoms with Gasteiger partial charge in [0.05, 0.1) is 6.04 Å². The maximum absolute atomic E-state index is 10.9. The summed E-state index contributed by atoms with van der Waals surface area (Å²) in [4.78, 5) is 10.9. The summed E-state index contributed by atoms with van der Waals surface area (Å²) in [5.74, 6) is -0.438. The molecular formula is C7H14N2O. The number of amides is 1. The summed E-state index contributed by atoms with van der Waals surface area (Å²) < 4.78 is 14.6. The molecule has 0 bridgehead atoms. The van der Waals surface area contributed by atoms with Crippen LogP contribution in [-0.4, -0.2) is 18.5 Å². The van der Waals surface area contributed by atoms with Gasteiger partial charge in [-0.1, -0.05) is 13.8 Å². The number of carbonyl (C=O) groups excluding carboxylic acids is 1. The van der Waals surface area contributed by atoms with Crippen LogP contribution in [-0.2, 0) is 4.79 Å². The summed E-state index contributed by atoms with van der Waals surface area (Å²) >= 11 is 0. The van der Waals surface area contributed by atoms with Crippen LogP contribution in [0.2, 0.25) is 0 Å². The molecule has 0 saturated carbocycles. The molecule has 1 aliphatic rings. The lowest BCUT2D eigenvalue weighted by atomic mass is 9.85. The molecule has 58 valence electrons. The van der Waals surface area contributed by atoms with Gasteiger partial charge in [0.25, 0.3) is 0 Å². The van der Waals surface area contributed by atoms with Crippen molar-refractivity contribution >= 4 is 5.91 Å². The molecular weight excluding hydrogens is 128 g/mol. The number of primary amides is 1. The molecule has 1 fully saturated rings. The van der Waals surface area contributed by atoms with Crippen molar-refractivity contribution in [2.45, 2.75) is 26.3 Å². The fourth-order valence-corrected chi connectivity index (χ4v) is 1.23. The molecule has 10 heavy (non-hydrogen) atoms. The molecule has 0 spiro atoms. The van der Waals surface area contributed by atoms with E-state index in [1.54, 1.807) is 0 Å². The van der Waals surface area contributed by atoms with Crippen molar-refractivity contribution in [1.82, 2.24) is 5.32 Å². The first-order valence-electron chi connectivity index (χ1n) is 4.69. The van der Waals surface area contributed by atoms with Gasteiger partial charge in [0.1, 0.15) is 0 Å². The van der Waals surface area contributed by atoms with Gasteiger partial charge in [0, 0.05) is 2.74 Å². The van der Waals surface area contributed by atoms with Crippen molar-refractivity contribution in [3.8, 4) is 0 Å². The standard InChI is InChI=1S/C7H14N2O/c1-7(2)3-4-9-5(7)6(8)10/h5,9H,3-4H2,1-2H3,(H2,8,10)/t5-/m1/s1/i1D,2D. The van der Waals surface area contributed by atoms with E-state index in [2.05, 4.69) is 5.32 Å². The van der Waals surface area contributed by atoms with Crippen LogP contribution in [0.15, 0.2) is 0 Å². The third-order valence-electron chi connectivity index (χ3n) is 1.87. The number of carbonyl (C=O) groups is 1. The molecule has 3 nitrogen and oxygen atoms in total. The van der Waals surface area contributed by atoms with Gasteiger partial charge in [-0.3, -0.25) is 4.79 Å². The van der Waals surface area contributed by atoms with Gasteiger partial charge in [0.2, 0.25) is 5.91 Å². The van der Waals surface area contributed by atoms with Crippen molar-refractivity contribution in [3.05, 3.63) is 0 Å². The van der Waals surface area contributed by atoms with Crippen molar-refractivity contribution in [2.75, 3.05) is 6.54 Å². The second kappa shape index (κ2) is 2.23. The third kappa shape index (κ3) is 1.14. The number of nitrogens with one attached hydrogen (secondary N) is 1. The molecule has 1 amide bonds. The minimum absolute atomic E-state index is 0.0944. The molecule has 0 unspecified atom stereocenters. The first-order valence-corrected chi connectivity index (χ1v) is 3.27. The van der Waals surface area contributed by atoms with E-state index in [1.807, 2.05) is 0 Å².